The number of rotatable bonds is 4. The molecule has 20 heavy (non-hydrogen) atoms. The third kappa shape index (κ3) is 5.75. The molecule has 0 fully saturated rings. The third-order valence-corrected chi connectivity index (χ3v) is 3.36. The fourth-order valence-electron chi connectivity index (χ4n) is 2.35. The van der Waals surface area contributed by atoms with Gasteiger partial charge in [-0.3, -0.25) is 4.79 Å². The Bertz CT molecular complexity index is 526. The standard InChI is InChI=1S/C16H21BrN2O/c1-11(9-16(2,3)4)7-15(20)19-14-8-13(17)6-5-12(14)10-18/h5-6,8,11H,7,9H2,1-4H3,(H,19,20). The summed E-state index contributed by atoms with van der Waals surface area (Å²) in [6.07, 6.45) is 1.46. The Labute approximate surface area is 129 Å². The number of anilines is 1. The van der Waals surface area contributed by atoms with Crippen LogP contribution in [0.3, 0.4) is 0 Å². The highest BCUT2D eigenvalue weighted by Crippen LogP contribution is 2.27. The van der Waals surface area contributed by atoms with Gasteiger partial charge in [-0.2, -0.15) is 5.26 Å². The minimum atomic E-state index is -0.0450. The van der Waals surface area contributed by atoms with Gasteiger partial charge in [-0.05, 0) is 36.0 Å². The maximum Gasteiger partial charge on any atom is 0.224 e. The Hall–Kier alpha value is -1.34. The first-order chi connectivity index (χ1) is 9.21. The molecule has 0 spiro atoms. The molecule has 0 aliphatic rings. The van der Waals surface area contributed by atoms with E-state index in [1.165, 1.54) is 0 Å². The summed E-state index contributed by atoms with van der Waals surface area (Å²) in [5.41, 5.74) is 1.26. The van der Waals surface area contributed by atoms with Gasteiger partial charge in [0.1, 0.15) is 6.07 Å². The summed E-state index contributed by atoms with van der Waals surface area (Å²) in [6, 6.07) is 7.32. The van der Waals surface area contributed by atoms with Crippen molar-refractivity contribution in [2.75, 3.05) is 5.32 Å². The summed E-state index contributed by atoms with van der Waals surface area (Å²) in [6.45, 7) is 8.59. The number of hydrogen-bond acceptors (Lipinski definition) is 2. The smallest absolute Gasteiger partial charge is 0.224 e. The molecular formula is C16H21BrN2O. The number of halogens is 1. The van der Waals surface area contributed by atoms with Gasteiger partial charge in [0.15, 0.2) is 0 Å². The van der Waals surface area contributed by atoms with E-state index in [4.69, 9.17) is 5.26 Å². The van der Waals surface area contributed by atoms with Crippen molar-refractivity contribution in [2.45, 2.75) is 40.5 Å². The fraction of sp³-hybridized carbons (Fsp3) is 0.500. The maximum absolute atomic E-state index is 12.1. The van der Waals surface area contributed by atoms with Crippen LogP contribution in [-0.2, 0) is 4.79 Å². The second-order valence-corrected chi connectivity index (χ2v) is 7.34. The maximum atomic E-state index is 12.1. The Morgan fingerprint density at radius 2 is 2.10 bits per heavy atom. The first-order valence-corrected chi connectivity index (χ1v) is 7.50. The largest absolute Gasteiger partial charge is 0.325 e. The molecule has 0 aromatic heterocycles. The zero-order valence-electron chi connectivity index (χ0n) is 12.5. The van der Waals surface area contributed by atoms with Crippen molar-refractivity contribution in [3.8, 4) is 6.07 Å². The zero-order valence-corrected chi connectivity index (χ0v) is 14.0. The fourth-order valence-corrected chi connectivity index (χ4v) is 2.71. The molecule has 0 bridgehead atoms. The van der Waals surface area contributed by atoms with Crippen molar-refractivity contribution < 1.29 is 4.79 Å². The lowest BCUT2D eigenvalue weighted by Crippen LogP contribution is -2.19. The van der Waals surface area contributed by atoms with Crippen molar-refractivity contribution in [2.24, 2.45) is 11.3 Å². The highest BCUT2D eigenvalue weighted by atomic mass is 79.9. The van der Waals surface area contributed by atoms with E-state index in [-0.39, 0.29) is 11.3 Å². The predicted octanol–water partition coefficient (Wildman–Crippen LogP) is 4.72. The lowest BCUT2D eigenvalue weighted by molar-refractivity contribution is -0.117. The van der Waals surface area contributed by atoms with E-state index in [1.807, 2.05) is 0 Å². The SMILES string of the molecule is CC(CC(=O)Nc1cc(Br)ccc1C#N)CC(C)(C)C. The highest BCUT2D eigenvalue weighted by molar-refractivity contribution is 9.10. The molecule has 4 heteroatoms. The molecule has 1 unspecified atom stereocenters. The number of amides is 1. The zero-order chi connectivity index (χ0) is 15.3. The van der Waals surface area contributed by atoms with Crippen LogP contribution in [0.4, 0.5) is 5.69 Å². The second kappa shape index (κ2) is 6.90. The van der Waals surface area contributed by atoms with E-state index in [2.05, 4.69) is 55.0 Å². The van der Waals surface area contributed by atoms with Gasteiger partial charge in [0, 0.05) is 10.9 Å². The Morgan fingerprint density at radius 3 is 2.65 bits per heavy atom. The number of carbonyl (C=O) groups is 1. The van der Waals surface area contributed by atoms with Crippen LogP contribution in [0.25, 0.3) is 0 Å². The van der Waals surface area contributed by atoms with Crippen molar-refractivity contribution >= 4 is 27.5 Å². The molecule has 1 N–H and O–H groups in total. The van der Waals surface area contributed by atoms with Crippen LogP contribution in [0.15, 0.2) is 22.7 Å². The van der Waals surface area contributed by atoms with Crippen LogP contribution in [0.5, 0.6) is 0 Å². The van der Waals surface area contributed by atoms with Gasteiger partial charge in [-0.15, -0.1) is 0 Å². The molecule has 1 rings (SSSR count). The number of nitriles is 1. The Balaban J connectivity index is 2.68. The number of carbonyl (C=O) groups excluding carboxylic acids is 1. The molecular weight excluding hydrogens is 316 g/mol. The molecule has 1 amide bonds. The van der Waals surface area contributed by atoms with E-state index in [0.29, 0.717) is 23.6 Å². The topological polar surface area (TPSA) is 52.9 Å². The number of nitrogens with one attached hydrogen (secondary N) is 1. The molecule has 0 heterocycles. The van der Waals surface area contributed by atoms with Crippen molar-refractivity contribution in [1.82, 2.24) is 0 Å². The number of hydrogen-bond donors (Lipinski definition) is 1. The van der Waals surface area contributed by atoms with E-state index in [0.717, 1.165) is 10.9 Å². The molecule has 1 aromatic rings. The van der Waals surface area contributed by atoms with Gasteiger partial charge in [-0.1, -0.05) is 43.6 Å². The molecule has 108 valence electrons. The monoisotopic (exact) mass is 336 g/mol. The average Bonchev–Trinajstić information content (AvgIpc) is 2.26. The first kappa shape index (κ1) is 16.7. The van der Waals surface area contributed by atoms with Gasteiger partial charge < -0.3 is 5.32 Å². The van der Waals surface area contributed by atoms with Gasteiger partial charge in [0.05, 0.1) is 11.3 Å². The molecule has 1 aromatic carbocycles. The number of nitrogens with zero attached hydrogens (tertiary/aromatic N) is 1. The molecule has 0 aliphatic carbocycles. The van der Waals surface area contributed by atoms with Crippen LogP contribution in [0.2, 0.25) is 0 Å². The molecule has 0 saturated carbocycles. The molecule has 0 saturated heterocycles. The van der Waals surface area contributed by atoms with Crippen LogP contribution < -0.4 is 5.32 Å². The van der Waals surface area contributed by atoms with Gasteiger partial charge in [0.2, 0.25) is 5.91 Å². The quantitative estimate of drug-likeness (QED) is 0.864. The summed E-state index contributed by atoms with van der Waals surface area (Å²) >= 11 is 3.35. The summed E-state index contributed by atoms with van der Waals surface area (Å²) < 4.78 is 0.842. The second-order valence-electron chi connectivity index (χ2n) is 6.42. The van der Waals surface area contributed by atoms with Crippen LogP contribution in [0, 0.1) is 22.7 Å². The first-order valence-electron chi connectivity index (χ1n) is 6.71. The van der Waals surface area contributed by atoms with Crippen molar-refractivity contribution in [1.29, 1.82) is 5.26 Å². The van der Waals surface area contributed by atoms with Crippen LogP contribution in [-0.4, -0.2) is 5.91 Å². The third-order valence-electron chi connectivity index (χ3n) is 2.87. The summed E-state index contributed by atoms with van der Waals surface area (Å²) in [5.74, 6) is 0.268. The minimum absolute atomic E-state index is 0.0450. The molecule has 0 radical (unpaired) electrons. The van der Waals surface area contributed by atoms with Crippen molar-refractivity contribution in [3.63, 3.8) is 0 Å². The summed E-state index contributed by atoms with van der Waals surface area (Å²) in [4.78, 5) is 12.1. The lowest BCUT2D eigenvalue weighted by Gasteiger charge is -2.22. The Morgan fingerprint density at radius 1 is 1.45 bits per heavy atom. The van der Waals surface area contributed by atoms with E-state index < -0.39 is 0 Å². The van der Waals surface area contributed by atoms with Crippen molar-refractivity contribution in [3.05, 3.63) is 28.2 Å². The highest BCUT2D eigenvalue weighted by Gasteiger charge is 2.18. The normalized spacial score (nSPS) is 12.6. The number of benzene rings is 1. The summed E-state index contributed by atoms with van der Waals surface area (Å²) in [7, 11) is 0. The Kier molecular flexibility index (Phi) is 5.76. The molecule has 0 aliphatic heterocycles. The van der Waals surface area contributed by atoms with E-state index in [9.17, 15) is 4.79 Å². The van der Waals surface area contributed by atoms with E-state index >= 15 is 0 Å². The molecule has 3 nitrogen and oxygen atoms in total. The van der Waals surface area contributed by atoms with E-state index in [1.54, 1.807) is 18.2 Å². The average molecular weight is 337 g/mol. The van der Waals surface area contributed by atoms with Crippen LogP contribution in [0.1, 0.15) is 46.1 Å². The lowest BCUT2D eigenvalue weighted by atomic mass is 9.84. The van der Waals surface area contributed by atoms with Gasteiger partial charge in [0.25, 0.3) is 0 Å². The van der Waals surface area contributed by atoms with Gasteiger partial charge in [-0.25, -0.2) is 0 Å². The van der Waals surface area contributed by atoms with Crippen LogP contribution >= 0.6 is 15.9 Å². The molecule has 1 atom stereocenters. The summed E-state index contributed by atoms with van der Waals surface area (Å²) in [5, 5.41) is 11.9. The predicted molar refractivity (Wildman–Crippen MR) is 85.3 cm³/mol. The van der Waals surface area contributed by atoms with Gasteiger partial charge >= 0.3 is 0 Å². The minimum Gasteiger partial charge on any atom is -0.325 e.